The first-order valence-corrected chi connectivity index (χ1v) is 7.38. The van der Waals surface area contributed by atoms with Gasteiger partial charge in [-0.1, -0.05) is 0 Å². The molecule has 2 atom stereocenters. The van der Waals surface area contributed by atoms with Gasteiger partial charge in [0.05, 0.1) is 12.1 Å². The third-order valence-electron chi connectivity index (χ3n) is 3.02. The van der Waals surface area contributed by atoms with E-state index in [1.165, 1.54) is 27.1 Å². The highest BCUT2D eigenvalue weighted by molar-refractivity contribution is 9.10. The minimum atomic E-state index is 0.327. The molecule has 0 radical (unpaired) electrons. The Morgan fingerprint density at radius 1 is 1.56 bits per heavy atom. The molecule has 2 nitrogen and oxygen atoms in total. The average Bonchev–Trinajstić information content (AvgIpc) is 2.61. The maximum absolute atomic E-state index is 5.87. The topological polar surface area (TPSA) is 21.3 Å². The first-order valence-electron chi connectivity index (χ1n) is 5.77. The van der Waals surface area contributed by atoms with Crippen LogP contribution in [0.2, 0.25) is 0 Å². The first kappa shape index (κ1) is 12.6. The van der Waals surface area contributed by atoms with Crippen molar-refractivity contribution in [2.45, 2.75) is 38.3 Å². The second-order valence-corrected chi connectivity index (χ2v) is 6.38. The van der Waals surface area contributed by atoms with Crippen LogP contribution in [0.3, 0.4) is 0 Å². The summed E-state index contributed by atoms with van der Waals surface area (Å²) in [7, 11) is 2.02. The van der Waals surface area contributed by atoms with Crippen molar-refractivity contribution in [1.29, 1.82) is 0 Å². The molecule has 16 heavy (non-hydrogen) atoms. The lowest BCUT2D eigenvalue weighted by molar-refractivity contribution is -0.00601. The van der Waals surface area contributed by atoms with Crippen LogP contribution in [0.25, 0.3) is 0 Å². The monoisotopic (exact) mass is 303 g/mol. The van der Waals surface area contributed by atoms with Gasteiger partial charge < -0.3 is 10.1 Å². The number of thiophene rings is 1. The normalized spacial score (nSPS) is 23.3. The lowest BCUT2D eigenvalue weighted by Crippen LogP contribution is -2.33. The number of likely N-dealkylation sites (N-methyl/N-ethyl adjacent to an activating group) is 1. The lowest BCUT2D eigenvalue weighted by Gasteiger charge is -2.30. The van der Waals surface area contributed by atoms with Crippen molar-refractivity contribution in [2.24, 2.45) is 0 Å². The summed E-state index contributed by atoms with van der Waals surface area (Å²) in [6.45, 7) is 3.05. The van der Waals surface area contributed by atoms with Crippen LogP contribution in [-0.4, -0.2) is 19.8 Å². The predicted molar refractivity (Wildman–Crippen MR) is 72.1 cm³/mol. The molecule has 2 rings (SSSR count). The molecule has 0 amide bonds. The van der Waals surface area contributed by atoms with E-state index >= 15 is 0 Å². The van der Waals surface area contributed by atoms with Crippen molar-refractivity contribution in [3.63, 3.8) is 0 Å². The Kier molecular flexibility index (Phi) is 4.41. The number of ether oxygens (including phenoxy) is 1. The second-order valence-electron chi connectivity index (χ2n) is 4.24. The number of hydrogen-bond donors (Lipinski definition) is 1. The van der Waals surface area contributed by atoms with Crippen LogP contribution in [0, 0.1) is 6.92 Å². The van der Waals surface area contributed by atoms with Crippen LogP contribution < -0.4 is 5.32 Å². The number of rotatable bonds is 3. The highest BCUT2D eigenvalue weighted by Crippen LogP contribution is 2.36. The molecular formula is C12H18BrNOS. The zero-order valence-corrected chi connectivity index (χ0v) is 12.2. The Hall–Kier alpha value is 0.1000. The summed E-state index contributed by atoms with van der Waals surface area (Å²) in [5.74, 6) is 0. The summed E-state index contributed by atoms with van der Waals surface area (Å²) in [5.41, 5.74) is 0. The molecule has 2 unspecified atom stereocenters. The van der Waals surface area contributed by atoms with E-state index in [9.17, 15) is 0 Å². The van der Waals surface area contributed by atoms with Crippen LogP contribution >= 0.6 is 27.3 Å². The molecule has 1 aliphatic heterocycles. The van der Waals surface area contributed by atoms with Gasteiger partial charge in [-0.15, -0.1) is 11.3 Å². The Bertz CT molecular complexity index is 347. The number of aryl methyl sites for hydroxylation is 1. The highest BCUT2D eigenvalue weighted by atomic mass is 79.9. The molecule has 2 heterocycles. The van der Waals surface area contributed by atoms with Gasteiger partial charge in [0.15, 0.2) is 0 Å². The lowest BCUT2D eigenvalue weighted by atomic mass is 10.0. The SMILES string of the molecule is CNC(c1sc(C)cc1Br)C1CCCCO1. The Morgan fingerprint density at radius 2 is 2.38 bits per heavy atom. The van der Waals surface area contributed by atoms with E-state index in [-0.39, 0.29) is 0 Å². The summed E-state index contributed by atoms with van der Waals surface area (Å²) in [4.78, 5) is 2.71. The summed E-state index contributed by atoms with van der Waals surface area (Å²) < 4.78 is 7.08. The molecule has 90 valence electrons. The van der Waals surface area contributed by atoms with Gasteiger partial charge in [-0.25, -0.2) is 0 Å². The van der Waals surface area contributed by atoms with Crippen molar-refractivity contribution >= 4 is 27.3 Å². The van der Waals surface area contributed by atoms with Gasteiger partial charge in [-0.3, -0.25) is 0 Å². The molecule has 0 aliphatic carbocycles. The molecule has 1 fully saturated rings. The smallest absolute Gasteiger partial charge is 0.0778 e. The molecular weight excluding hydrogens is 286 g/mol. The molecule has 1 aliphatic rings. The minimum absolute atomic E-state index is 0.327. The number of hydrogen-bond acceptors (Lipinski definition) is 3. The third kappa shape index (κ3) is 2.67. The van der Waals surface area contributed by atoms with E-state index in [4.69, 9.17) is 4.74 Å². The highest BCUT2D eigenvalue weighted by Gasteiger charge is 2.27. The van der Waals surface area contributed by atoms with Gasteiger partial charge in [-0.05, 0) is 55.2 Å². The molecule has 0 spiro atoms. The van der Waals surface area contributed by atoms with Crippen molar-refractivity contribution in [2.75, 3.05) is 13.7 Å². The van der Waals surface area contributed by atoms with Gasteiger partial charge in [0.25, 0.3) is 0 Å². The van der Waals surface area contributed by atoms with Crippen LogP contribution in [0.5, 0.6) is 0 Å². The summed E-state index contributed by atoms with van der Waals surface area (Å²) in [6.07, 6.45) is 3.98. The fraction of sp³-hybridized carbons (Fsp3) is 0.667. The van der Waals surface area contributed by atoms with Gasteiger partial charge in [0.1, 0.15) is 0 Å². The first-order chi connectivity index (χ1) is 7.72. The molecule has 0 bridgehead atoms. The molecule has 4 heteroatoms. The molecule has 0 saturated carbocycles. The van der Waals surface area contributed by atoms with Crippen molar-refractivity contribution in [3.8, 4) is 0 Å². The fourth-order valence-corrected chi connectivity index (χ4v) is 4.29. The molecule has 1 aromatic heterocycles. The molecule has 1 saturated heterocycles. The second kappa shape index (κ2) is 5.63. The van der Waals surface area contributed by atoms with E-state index in [2.05, 4.69) is 34.2 Å². The predicted octanol–water partition coefficient (Wildman–Crippen LogP) is 3.65. The Labute approximate surface area is 110 Å². The number of nitrogens with one attached hydrogen (secondary N) is 1. The van der Waals surface area contributed by atoms with Gasteiger partial charge in [-0.2, -0.15) is 0 Å². The van der Waals surface area contributed by atoms with E-state index < -0.39 is 0 Å². The van der Waals surface area contributed by atoms with Crippen molar-refractivity contribution in [1.82, 2.24) is 5.32 Å². The molecule has 0 aromatic carbocycles. The maximum atomic E-state index is 5.87. The van der Waals surface area contributed by atoms with Crippen molar-refractivity contribution < 1.29 is 4.74 Å². The summed E-state index contributed by atoms with van der Waals surface area (Å²) in [6, 6.07) is 2.51. The summed E-state index contributed by atoms with van der Waals surface area (Å²) >= 11 is 5.49. The maximum Gasteiger partial charge on any atom is 0.0778 e. The largest absolute Gasteiger partial charge is 0.376 e. The van der Waals surface area contributed by atoms with Crippen LogP contribution in [0.1, 0.15) is 35.1 Å². The zero-order chi connectivity index (χ0) is 11.5. The van der Waals surface area contributed by atoms with Gasteiger partial charge in [0.2, 0.25) is 0 Å². The molecule has 1 aromatic rings. The minimum Gasteiger partial charge on any atom is -0.376 e. The zero-order valence-electron chi connectivity index (χ0n) is 9.75. The quantitative estimate of drug-likeness (QED) is 0.920. The van der Waals surface area contributed by atoms with Crippen LogP contribution in [0.4, 0.5) is 0 Å². The van der Waals surface area contributed by atoms with E-state index in [0.29, 0.717) is 12.1 Å². The fourth-order valence-electron chi connectivity index (χ4n) is 2.23. The standard InChI is InChI=1S/C12H18BrNOS/c1-8-7-9(13)12(16-8)11(14-2)10-5-3-4-6-15-10/h7,10-11,14H,3-6H2,1-2H3. The van der Waals surface area contributed by atoms with Crippen molar-refractivity contribution in [3.05, 3.63) is 20.3 Å². The van der Waals surface area contributed by atoms with E-state index in [1.54, 1.807) is 0 Å². The van der Waals surface area contributed by atoms with Crippen LogP contribution in [-0.2, 0) is 4.74 Å². The van der Waals surface area contributed by atoms with Gasteiger partial charge in [0, 0.05) is 20.8 Å². The molecule has 1 N–H and O–H groups in total. The van der Waals surface area contributed by atoms with E-state index in [0.717, 1.165) is 13.0 Å². The number of halogens is 1. The van der Waals surface area contributed by atoms with Gasteiger partial charge >= 0.3 is 0 Å². The average molecular weight is 304 g/mol. The Morgan fingerprint density at radius 3 is 2.88 bits per heavy atom. The van der Waals surface area contributed by atoms with E-state index in [1.807, 2.05) is 18.4 Å². The van der Waals surface area contributed by atoms with Crippen LogP contribution in [0.15, 0.2) is 10.5 Å². The third-order valence-corrected chi connectivity index (χ3v) is 5.07. The Balaban J connectivity index is 2.17. The summed E-state index contributed by atoms with van der Waals surface area (Å²) in [5, 5.41) is 3.40.